The van der Waals surface area contributed by atoms with E-state index >= 15 is 0 Å². The Hall–Kier alpha value is -1.51. The lowest BCUT2D eigenvalue weighted by atomic mass is 10.2. The van der Waals surface area contributed by atoms with Gasteiger partial charge in [-0.3, -0.25) is 0 Å². The molecule has 1 aromatic rings. The van der Waals surface area contributed by atoms with Crippen LogP contribution in [0.2, 0.25) is 0 Å². The van der Waals surface area contributed by atoms with Gasteiger partial charge in [0.05, 0.1) is 0 Å². The van der Waals surface area contributed by atoms with Crippen LogP contribution >= 0.6 is 0 Å². The van der Waals surface area contributed by atoms with Crippen molar-refractivity contribution in [2.75, 3.05) is 13.1 Å². The van der Waals surface area contributed by atoms with E-state index in [0.29, 0.717) is 5.75 Å². The van der Waals surface area contributed by atoms with Gasteiger partial charge in [-0.15, -0.1) is 0 Å². The SMILES string of the molecule is O=C(Oc1ccccc1)N1CCCCCC1. The number of likely N-dealkylation sites (tertiary alicyclic amines) is 1. The van der Waals surface area contributed by atoms with Gasteiger partial charge in [0.25, 0.3) is 0 Å². The second-order valence-corrected chi connectivity index (χ2v) is 4.08. The molecule has 0 bridgehead atoms. The van der Waals surface area contributed by atoms with Crippen LogP contribution < -0.4 is 4.74 Å². The monoisotopic (exact) mass is 219 g/mol. The summed E-state index contributed by atoms with van der Waals surface area (Å²) in [6, 6.07) is 9.24. The third-order valence-corrected chi connectivity index (χ3v) is 2.81. The lowest BCUT2D eigenvalue weighted by Crippen LogP contribution is -2.34. The zero-order chi connectivity index (χ0) is 11.2. The van der Waals surface area contributed by atoms with E-state index in [1.54, 1.807) is 17.0 Å². The highest BCUT2D eigenvalue weighted by molar-refractivity contribution is 5.70. The topological polar surface area (TPSA) is 29.5 Å². The highest BCUT2D eigenvalue weighted by Gasteiger charge is 2.16. The predicted octanol–water partition coefficient (Wildman–Crippen LogP) is 3.06. The van der Waals surface area contributed by atoms with Gasteiger partial charge in [-0.25, -0.2) is 4.79 Å². The van der Waals surface area contributed by atoms with Crippen LogP contribution in [0.1, 0.15) is 25.7 Å². The van der Waals surface area contributed by atoms with Gasteiger partial charge in [-0.2, -0.15) is 0 Å². The van der Waals surface area contributed by atoms with Crippen LogP contribution in [0.15, 0.2) is 30.3 Å². The molecule has 16 heavy (non-hydrogen) atoms. The van der Waals surface area contributed by atoms with Crippen LogP contribution in [-0.4, -0.2) is 24.1 Å². The van der Waals surface area contributed by atoms with Crippen LogP contribution in [0.5, 0.6) is 5.75 Å². The summed E-state index contributed by atoms with van der Waals surface area (Å²) in [5, 5.41) is 0. The molecule has 1 fully saturated rings. The summed E-state index contributed by atoms with van der Waals surface area (Å²) in [5.41, 5.74) is 0. The number of para-hydroxylation sites is 1. The van der Waals surface area contributed by atoms with E-state index < -0.39 is 0 Å². The first-order valence-corrected chi connectivity index (χ1v) is 5.88. The van der Waals surface area contributed by atoms with Gasteiger partial charge in [0.2, 0.25) is 0 Å². The van der Waals surface area contributed by atoms with Crippen LogP contribution in [0.4, 0.5) is 4.79 Å². The Kier molecular flexibility index (Phi) is 3.81. The minimum atomic E-state index is -0.215. The van der Waals surface area contributed by atoms with Crippen molar-refractivity contribution < 1.29 is 9.53 Å². The van der Waals surface area contributed by atoms with E-state index in [0.717, 1.165) is 25.9 Å². The third-order valence-electron chi connectivity index (χ3n) is 2.81. The lowest BCUT2D eigenvalue weighted by Gasteiger charge is -2.19. The first-order chi connectivity index (χ1) is 7.86. The summed E-state index contributed by atoms with van der Waals surface area (Å²) in [6.45, 7) is 1.65. The second kappa shape index (κ2) is 5.54. The second-order valence-electron chi connectivity index (χ2n) is 4.08. The van der Waals surface area contributed by atoms with Crippen molar-refractivity contribution in [2.24, 2.45) is 0 Å². The average molecular weight is 219 g/mol. The molecule has 86 valence electrons. The van der Waals surface area contributed by atoms with Crippen LogP contribution in [0, 0.1) is 0 Å². The molecule has 0 atom stereocenters. The molecule has 3 heteroatoms. The van der Waals surface area contributed by atoms with E-state index in [1.165, 1.54) is 12.8 Å². The molecule has 1 heterocycles. The van der Waals surface area contributed by atoms with E-state index in [4.69, 9.17) is 4.74 Å². The fourth-order valence-corrected chi connectivity index (χ4v) is 1.91. The highest BCUT2D eigenvalue weighted by atomic mass is 16.6. The van der Waals surface area contributed by atoms with Gasteiger partial charge in [0.15, 0.2) is 0 Å². The zero-order valence-electron chi connectivity index (χ0n) is 9.39. The molecule has 0 N–H and O–H groups in total. The number of hydrogen-bond donors (Lipinski definition) is 0. The molecule has 0 spiro atoms. The summed E-state index contributed by atoms with van der Waals surface area (Å²) < 4.78 is 5.30. The normalized spacial score (nSPS) is 16.6. The van der Waals surface area contributed by atoms with Crippen molar-refractivity contribution in [3.05, 3.63) is 30.3 Å². The van der Waals surface area contributed by atoms with E-state index in [1.807, 2.05) is 18.2 Å². The first kappa shape index (κ1) is 11.0. The first-order valence-electron chi connectivity index (χ1n) is 5.88. The van der Waals surface area contributed by atoms with Gasteiger partial charge >= 0.3 is 6.09 Å². The summed E-state index contributed by atoms with van der Waals surface area (Å²) in [4.78, 5) is 13.6. The van der Waals surface area contributed by atoms with Crippen molar-refractivity contribution in [3.8, 4) is 5.75 Å². The summed E-state index contributed by atoms with van der Waals surface area (Å²) in [7, 11) is 0. The van der Waals surface area contributed by atoms with Crippen molar-refractivity contribution >= 4 is 6.09 Å². The van der Waals surface area contributed by atoms with Crippen LogP contribution in [-0.2, 0) is 0 Å². The molecule has 0 unspecified atom stereocenters. The smallest absolute Gasteiger partial charge is 0.410 e. The molecule has 1 aliphatic heterocycles. The molecule has 0 aliphatic carbocycles. The Morgan fingerprint density at radius 1 is 1.00 bits per heavy atom. The number of benzene rings is 1. The Morgan fingerprint density at radius 3 is 2.25 bits per heavy atom. The Labute approximate surface area is 96.0 Å². The number of amides is 1. The number of carbonyl (C=O) groups is 1. The maximum Gasteiger partial charge on any atom is 0.415 e. The molecule has 1 saturated heterocycles. The van der Waals surface area contributed by atoms with Crippen molar-refractivity contribution in [1.82, 2.24) is 4.90 Å². The standard InChI is InChI=1S/C13H17NO2/c15-13(14-10-6-1-2-7-11-14)16-12-8-4-3-5-9-12/h3-5,8-9H,1-2,6-7,10-11H2. The van der Waals surface area contributed by atoms with Gasteiger partial charge in [-0.1, -0.05) is 31.0 Å². The molecule has 0 aromatic heterocycles. The minimum Gasteiger partial charge on any atom is -0.410 e. The van der Waals surface area contributed by atoms with Crippen LogP contribution in [0.3, 0.4) is 0 Å². The summed E-state index contributed by atoms with van der Waals surface area (Å²) in [5.74, 6) is 0.622. The number of rotatable bonds is 1. The van der Waals surface area contributed by atoms with Gasteiger partial charge in [-0.05, 0) is 25.0 Å². The molecule has 3 nitrogen and oxygen atoms in total. The van der Waals surface area contributed by atoms with Gasteiger partial charge < -0.3 is 9.64 Å². The minimum absolute atomic E-state index is 0.215. The Bertz CT molecular complexity index is 329. The number of nitrogens with zero attached hydrogens (tertiary/aromatic N) is 1. The summed E-state index contributed by atoms with van der Waals surface area (Å²) in [6.07, 6.45) is 4.39. The van der Waals surface area contributed by atoms with E-state index in [9.17, 15) is 4.79 Å². The predicted molar refractivity (Wildman–Crippen MR) is 62.5 cm³/mol. The van der Waals surface area contributed by atoms with E-state index in [2.05, 4.69) is 0 Å². The molecular formula is C13H17NO2. The largest absolute Gasteiger partial charge is 0.415 e. The van der Waals surface area contributed by atoms with Crippen molar-refractivity contribution in [3.63, 3.8) is 0 Å². The fraction of sp³-hybridized carbons (Fsp3) is 0.462. The Balaban J connectivity index is 1.92. The lowest BCUT2D eigenvalue weighted by molar-refractivity contribution is 0.154. The number of ether oxygens (including phenoxy) is 1. The highest BCUT2D eigenvalue weighted by Crippen LogP contribution is 2.14. The molecule has 1 aromatic carbocycles. The zero-order valence-corrected chi connectivity index (χ0v) is 9.39. The summed E-state index contributed by atoms with van der Waals surface area (Å²) >= 11 is 0. The molecule has 1 aliphatic rings. The van der Waals surface area contributed by atoms with Gasteiger partial charge in [0.1, 0.15) is 5.75 Å². The average Bonchev–Trinajstić information content (AvgIpc) is 2.59. The Morgan fingerprint density at radius 2 is 1.62 bits per heavy atom. The fourth-order valence-electron chi connectivity index (χ4n) is 1.91. The molecule has 0 saturated carbocycles. The van der Waals surface area contributed by atoms with Gasteiger partial charge in [0, 0.05) is 13.1 Å². The van der Waals surface area contributed by atoms with Crippen molar-refractivity contribution in [2.45, 2.75) is 25.7 Å². The molecule has 0 radical (unpaired) electrons. The number of hydrogen-bond acceptors (Lipinski definition) is 2. The quantitative estimate of drug-likeness (QED) is 0.726. The van der Waals surface area contributed by atoms with Crippen LogP contribution in [0.25, 0.3) is 0 Å². The molecular weight excluding hydrogens is 202 g/mol. The third kappa shape index (κ3) is 2.99. The molecule has 2 rings (SSSR count). The van der Waals surface area contributed by atoms with Crippen molar-refractivity contribution in [1.29, 1.82) is 0 Å². The number of carbonyl (C=O) groups excluding carboxylic acids is 1. The maximum absolute atomic E-state index is 11.8. The van der Waals surface area contributed by atoms with E-state index in [-0.39, 0.29) is 6.09 Å². The maximum atomic E-state index is 11.8. The molecule has 1 amide bonds.